The molecule has 1 heterocycles. The zero-order chi connectivity index (χ0) is 26.5. The van der Waals surface area contributed by atoms with Crippen molar-refractivity contribution >= 4 is 29.5 Å². The Bertz CT molecular complexity index is 1040. The van der Waals surface area contributed by atoms with Crippen LogP contribution in [-0.4, -0.2) is 63.9 Å². The standard InChI is InChI=1S/C27H40N4O4S/c1-8-25(4)13-19(35-20(33)14-36-24-29-15-28-23(30-24)31(6)7)26(5)16(2)9-11-27(17(3)22(25)34)12-10-18(32)21(26)27/h8,15-17,19,21-22,34H,1,9-14H2,2-7H3/t16-,17+,19-,21+,22+,25-,26+,27+/m1/s1. The fraction of sp³-hybridized carbons (Fsp3) is 0.741. The van der Waals surface area contributed by atoms with Gasteiger partial charge in [-0.3, -0.25) is 9.59 Å². The summed E-state index contributed by atoms with van der Waals surface area (Å²) in [6.07, 6.45) is 5.65. The van der Waals surface area contributed by atoms with E-state index in [1.165, 1.54) is 18.1 Å². The smallest absolute Gasteiger partial charge is 0.316 e. The molecule has 36 heavy (non-hydrogen) atoms. The van der Waals surface area contributed by atoms with Crippen LogP contribution in [0.3, 0.4) is 0 Å². The molecule has 0 spiro atoms. The lowest BCUT2D eigenvalue weighted by Crippen LogP contribution is -2.63. The first-order chi connectivity index (χ1) is 16.9. The fourth-order valence-electron chi connectivity index (χ4n) is 7.38. The summed E-state index contributed by atoms with van der Waals surface area (Å²) in [6, 6.07) is 0. The van der Waals surface area contributed by atoms with E-state index in [4.69, 9.17) is 4.74 Å². The molecule has 0 aliphatic heterocycles. The molecule has 4 rings (SSSR count). The molecule has 0 aromatic carbocycles. The van der Waals surface area contributed by atoms with Gasteiger partial charge in [-0.1, -0.05) is 45.5 Å². The van der Waals surface area contributed by atoms with E-state index in [2.05, 4.69) is 42.3 Å². The van der Waals surface area contributed by atoms with Crippen molar-refractivity contribution in [1.29, 1.82) is 0 Å². The third-order valence-electron chi connectivity index (χ3n) is 9.83. The molecule has 3 fully saturated rings. The number of anilines is 1. The number of carbonyl (C=O) groups is 2. The van der Waals surface area contributed by atoms with Gasteiger partial charge in [-0.05, 0) is 42.9 Å². The monoisotopic (exact) mass is 516 g/mol. The van der Waals surface area contributed by atoms with E-state index >= 15 is 0 Å². The average Bonchev–Trinajstić information content (AvgIpc) is 3.21. The highest BCUT2D eigenvalue weighted by Crippen LogP contribution is 2.68. The van der Waals surface area contributed by atoms with Gasteiger partial charge in [-0.25, -0.2) is 9.97 Å². The first-order valence-corrected chi connectivity index (χ1v) is 13.9. The summed E-state index contributed by atoms with van der Waals surface area (Å²) in [4.78, 5) is 41.1. The van der Waals surface area contributed by atoms with Crippen molar-refractivity contribution in [3.05, 3.63) is 19.0 Å². The van der Waals surface area contributed by atoms with Gasteiger partial charge in [0.2, 0.25) is 5.95 Å². The Morgan fingerprint density at radius 3 is 2.69 bits per heavy atom. The van der Waals surface area contributed by atoms with E-state index in [1.807, 2.05) is 27.1 Å². The number of thioether (sulfide) groups is 1. The minimum atomic E-state index is -0.674. The molecule has 2 bridgehead atoms. The lowest BCUT2D eigenvalue weighted by atomic mass is 9.44. The second-order valence-electron chi connectivity index (χ2n) is 11.8. The highest BCUT2D eigenvalue weighted by atomic mass is 32.2. The Morgan fingerprint density at radius 1 is 1.31 bits per heavy atom. The van der Waals surface area contributed by atoms with Crippen LogP contribution in [-0.2, 0) is 14.3 Å². The zero-order valence-corrected chi connectivity index (χ0v) is 23.2. The quantitative estimate of drug-likeness (QED) is 0.342. The van der Waals surface area contributed by atoms with E-state index < -0.39 is 23.0 Å². The van der Waals surface area contributed by atoms with Crippen LogP contribution in [0.25, 0.3) is 0 Å². The van der Waals surface area contributed by atoms with Gasteiger partial charge in [0, 0.05) is 37.3 Å². The molecule has 3 aliphatic rings. The molecule has 0 unspecified atom stereocenters. The lowest BCUT2D eigenvalue weighted by molar-refractivity contribution is -0.205. The number of ether oxygens (including phenoxy) is 1. The highest BCUT2D eigenvalue weighted by molar-refractivity contribution is 7.99. The van der Waals surface area contributed by atoms with Crippen molar-refractivity contribution in [2.75, 3.05) is 24.7 Å². The van der Waals surface area contributed by atoms with E-state index in [0.29, 0.717) is 23.9 Å². The molecule has 0 amide bonds. The van der Waals surface area contributed by atoms with E-state index in [1.54, 1.807) is 4.90 Å². The van der Waals surface area contributed by atoms with Crippen molar-refractivity contribution in [1.82, 2.24) is 15.0 Å². The van der Waals surface area contributed by atoms with Gasteiger partial charge in [-0.2, -0.15) is 4.98 Å². The van der Waals surface area contributed by atoms with Gasteiger partial charge in [0.15, 0.2) is 5.16 Å². The van der Waals surface area contributed by atoms with Crippen LogP contribution in [0.2, 0.25) is 0 Å². The Balaban J connectivity index is 1.65. The SMILES string of the molecule is C=C[C@]1(C)C[C@@H](OC(=O)CSc2ncnc(N(C)C)n2)[C@]2(C)[C@H](C)CC[C@]3(CCC(=O)[C@H]32)[C@@H](C)[C@@H]1O. The number of rotatable bonds is 6. The summed E-state index contributed by atoms with van der Waals surface area (Å²) in [6.45, 7) is 12.5. The summed E-state index contributed by atoms with van der Waals surface area (Å²) >= 11 is 1.21. The number of hydrogen-bond donors (Lipinski definition) is 1. The first kappa shape index (κ1) is 27.0. The second-order valence-corrected chi connectivity index (χ2v) is 12.8. The van der Waals surface area contributed by atoms with Crippen molar-refractivity contribution in [3.63, 3.8) is 0 Å². The Labute approximate surface area is 218 Å². The van der Waals surface area contributed by atoms with Gasteiger partial charge in [-0.15, -0.1) is 6.58 Å². The Hall–Kier alpha value is -2.00. The minimum absolute atomic E-state index is 0.0470. The van der Waals surface area contributed by atoms with Gasteiger partial charge in [0.1, 0.15) is 18.2 Å². The summed E-state index contributed by atoms with van der Waals surface area (Å²) in [7, 11) is 3.68. The molecular weight excluding hydrogens is 476 g/mol. The predicted molar refractivity (Wildman–Crippen MR) is 140 cm³/mol. The Kier molecular flexibility index (Phi) is 7.29. The van der Waals surface area contributed by atoms with Crippen molar-refractivity contribution in [2.45, 2.75) is 77.2 Å². The number of esters is 1. The van der Waals surface area contributed by atoms with E-state index in [0.717, 1.165) is 19.3 Å². The number of nitrogens with zero attached hydrogens (tertiary/aromatic N) is 4. The summed E-state index contributed by atoms with van der Waals surface area (Å²) < 4.78 is 6.27. The van der Waals surface area contributed by atoms with E-state index in [-0.39, 0.29) is 40.7 Å². The third kappa shape index (κ3) is 4.26. The number of aliphatic hydroxyl groups is 1. The van der Waals surface area contributed by atoms with Crippen LogP contribution >= 0.6 is 11.8 Å². The zero-order valence-electron chi connectivity index (χ0n) is 22.4. The van der Waals surface area contributed by atoms with Crippen molar-refractivity contribution in [3.8, 4) is 0 Å². The van der Waals surface area contributed by atoms with E-state index in [9.17, 15) is 14.7 Å². The molecule has 1 aromatic rings. The molecule has 3 aliphatic carbocycles. The van der Waals surface area contributed by atoms with Crippen LogP contribution in [0, 0.1) is 34.0 Å². The number of aliphatic hydroxyl groups excluding tert-OH is 1. The maximum atomic E-state index is 13.5. The van der Waals surface area contributed by atoms with Crippen LogP contribution < -0.4 is 4.90 Å². The summed E-state index contributed by atoms with van der Waals surface area (Å²) in [5.41, 5.74) is -1.44. The molecule has 3 saturated carbocycles. The van der Waals surface area contributed by atoms with Gasteiger partial charge in [0.25, 0.3) is 0 Å². The number of aromatic nitrogens is 3. The normalized spacial score (nSPS) is 40.1. The van der Waals surface area contributed by atoms with Gasteiger partial charge >= 0.3 is 5.97 Å². The molecule has 8 atom stereocenters. The highest BCUT2D eigenvalue weighted by Gasteiger charge is 2.68. The number of hydrogen-bond acceptors (Lipinski definition) is 9. The van der Waals surface area contributed by atoms with Gasteiger partial charge in [0.05, 0.1) is 11.9 Å². The average molecular weight is 517 g/mol. The maximum absolute atomic E-state index is 13.5. The fourth-order valence-corrected chi connectivity index (χ4v) is 7.96. The topological polar surface area (TPSA) is 106 Å². The Morgan fingerprint density at radius 2 is 2.03 bits per heavy atom. The minimum Gasteiger partial charge on any atom is -0.461 e. The molecule has 198 valence electrons. The van der Waals surface area contributed by atoms with Crippen molar-refractivity contribution < 1.29 is 19.4 Å². The molecule has 9 heteroatoms. The van der Waals surface area contributed by atoms with Gasteiger partial charge < -0.3 is 14.7 Å². The largest absolute Gasteiger partial charge is 0.461 e. The van der Waals surface area contributed by atoms with Crippen LogP contribution in [0.15, 0.2) is 24.1 Å². The maximum Gasteiger partial charge on any atom is 0.316 e. The molecule has 0 saturated heterocycles. The summed E-state index contributed by atoms with van der Waals surface area (Å²) in [5, 5.41) is 12.1. The van der Waals surface area contributed by atoms with Crippen LogP contribution in [0.1, 0.15) is 59.8 Å². The number of carbonyl (C=O) groups excluding carboxylic acids is 2. The molecule has 0 radical (unpaired) electrons. The van der Waals surface area contributed by atoms with Crippen LogP contribution in [0.4, 0.5) is 5.95 Å². The number of Topliss-reactive ketones (excluding diaryl/α,β-unsaturated/α-hetero) is 1. The first-order valence-electron chi connectivity index (χ1n) is 12.9. The van der Waals surface area contributed by atoms with Crippen LogP contribution in [0.5, 0.6) is 0 Å². The molecule has 1 N–H and O–H groups in total. The molecule has 1 aromatic heterocycles. The second kappa shape index (κ2) is 9.71. The number of ketones is 1. The van der Waals surface area contributed by atoms with Crippen molar-refractivity contribution in [2.24, 2.45) is 34.0 Å². The predicted octanol–water partition coefficient (Wildman–Crippen LogP) is 3.94. The lowest BCUT2D eigenvalue weighted by Gasteiger charge is -2.61. The molecule has 8 nitrogen and oxygen atoms in total. The summed E-state index contributed by atoms with van der Waals surface area (Å²) in [5.74, 6) is 0.362. The third-order valence-corrected chi connectivity index (χ3v) is 10.7. The molecular formula is C27H40N4O4S.